The van der Waals surface area contributed by atoms with Crippen LogP contribution in [0.15, 0.2) is 5.18 Å². The van der Waals surface area contributed by atoms with Gasteiger partial charge in [-0.2, -0.15) is 4.91 Å². The van der Waals surface area contributed by atoms with E-state index in [-0.39, 0.29) is 19.3 Å². The summed E-state index contributed by atoms with van der Waals surface area (Å²) in [6, 6.07) is -0.876. The molecular formula is C6H10N2O5. The minimum Gasteiger partial charge on any atom is -0.393 e. The summed E-state index contributed by atoms with van der Waals surface area (Å²) in [5.74, 6) is 0. The van der Waals surface area contributed by atoms with Crippen LogP contribution in [0.3, 0.4) is 0 Å². The lowest BCUT2D eigenvalue weighted by atomic mass is 9.86. The summed E-state index contributed by atoms with van der Waals surface area (Å²) in [5.41, 5.74) is -2.20. The number of nitroso groups, excluding NO2 is 1. The smallest absolute Gasteiger partial charge is 0.327 e. The van der Waals surface area contributed by atoms with Gasteiger partial charge in [-0.3, -0.25) is 10.1 Å². The van der Waals surface area contributed by atoms with E-state index in [0.29, 0.717) is 0 Å². The van der Waals surface area contributed by atoms with Gasteiger partial charge in [0, 0.05) is 0 Å². The van der Waals surface area contributed by atoms with Crippen molar-refractivity contribution in [3.05, 3.63) is 15.0 Å². The maximum absolute atomic E-state index is 10.4. The molecule has 0 heterocycles. The van der Waals surface area contributed by atoms with E-state index in [4.69, 9.17) is 5.11 Å². The fourth-order valence-corrected chi connectivity index (χ4v) is 1.55. The van der Waals surface area contributed by atoms with Crippen molar-refractivity contribution in [1.29, 1.82) is 0 Å². The number of hydrogen-bond donors (Lipinski definition) is 2. The Labute approximate surface area is 73.5 Å². The number of nitrogens with zero attached hydrogens (tertiary/aromatic N) is 2. The first-order valence-corrected chi connectivity index (χ1v) is 3.85. The Kier molecular flexibility index (Phi) is 2.58. The molecule has 1 saturated carbocycles. The standard InChI is InChI=1S/C6H10N2O5/c9-5-1-4(7-11)2-6(10,3-5)8(12)13/h4-5,9-10H,1-3H2. The molecule has 0 aromatic heterocycles. The molecule has 1 aliphatic rings. The summed E-state index contributed by atoms with van der Waals surface area (Å²) in [7, 11) is 0. The Bertz CT molecular complexity index is 233. The van der Waals surface area contributed by atoms with Crippen molar-refractivity contribution in [2.45, 2.75) is 37.1 Å². The number of rotatable bonds is 2. The van der Waals surface area contributed by atoms with Gasteiger partial charge in [-0.25, -0.2) is 0 Å². The van der Waals surface area contributed by atoms with E-state index in [0.717, 1.165) is 0 Å². The molecule has 1 aliphatic carbocycles. The number of aliphatic hydroxyl groups is 2. The molecule has 13 heavy (non-hydrogen) atoms. The maximum Gasteiger partial charge on any atom is 0.327 e. The fourth-order valence-electron chi connectivity index (χ4n) is 1.55. The van der Waals surface area contributed by atoms with Crippen molar-refractivity contribution in [3.63, 3.8) is 0 Å². The van der Waals surface area contributed by atoms with Crippen LogP contribution in [0.4, 0.5) is 0 Å². The highest BCUT2D eigenvalue weighted by molar-refractivity contribution is 4.86. The second-order valence-electron chi connectivity index (χ2n) is 3.30. The van der Waals surface area contributed by atoms with Crippen molar-refractivity contribution in [2.75, 3.05) is 0 Å². The van der Waals surface area contributed by atoms with E-state index >= 15 is 0 Å². The normalized spacial score (nSPS) is 39.8. The monoisotopic (exact) mass is 190 g/mol. The third-order valence-electron chi connectivity index (χ3n) is 2.16. The number of hydrogen-bond acceptors (Lipinski definition) is 6. The summed E-state index contributed by atoms with van der Waals surface area (Å²) < 4.78 is 0. The molecule has 74 valence electrons. The van der Waals surface area contributed by atoms with E-state index < -0.39 is 22.8 Å². The van der Waals surface area contributed by atoms with E-state index in [2.05, 4.69) is 5.18 Å². The zero-order chi connectivity index (χ0) is 10.1. The van der Waals surface area contributed by atoms with Gasteiger partial charge in [-0.05, 0) is 6.42 Å². The molecule has 7 nitrogen and oxygen atoms in total. The second-order valence-corrected chi connectivity index (χ2v) is 3.30. The number of aliphatic hydroxyl groups excluding tert-OH is 1. The van der Waals surface area contributed by atoms with Gasteiger partial charge in [0.15, 0.2) is 0 Å². The van der Waals surface area contributed by atoms with E-state index in [1.54, 1.807) is 0 Å². The first kappa shape index (κ1) is 10.0. The molecule has 0 aromatic carbocycles. The highest BCUT2D eigenvalue weighted by Crippen LogP contribution is 2.30. The lowest BCUT2D eigenvalue weighted by Crippen LogP contribution is -2.48. The Hall–Kier alpha value is -1.08. The topological polar surface area (TPSA) is 113 Å². The van der Waals surface area contributed by atoms with Crippen LogP contribution < -0.4 is 0 Å². The van der Waals surface area contributed by atoms with E-state index in [9.17, 15) is 20.1 Å². The zero-order valence-electron chi connectivity index (χ0n) is 6.79. The van der Waals surface area contributed by atoms with Crippen molar-refractivity contribution in [3.8, 4) is 0 Å². The molecule has 0 bridgehead atoms. The molecule has 1 rings (SSSR count). The van der Waals surface area contributed by atoms with Crippen LogP contribution in [0.5, 0.6) is 0 Å². The molecule has 0 amide bonds. The minimum absolute atomic E-state index is 0.0830. The minimum atomic E-state index is -2.20. The van der Waals surface area contributed by atoms with Crippen LogP contribution >= 0.6 is 0 Å². The first-order valence-electron chi connectivity index (χ1n) is 3.85. The average Bonchev–Trinajstić information content (AvgIpc) is 2.02. The SMILES string of the molecule is O=NC1CC(O)CC(O)([N+](=O)[O-])C1. The Morgan fingerprint density at radius 3 is 2.62 bits per heavy atom. The van der Waals surface area contributed by atoms with Crippen LogP contribution in [0.2, 0.25) is 0 Å². The molecule has 0 radical (unpaired) electrons. The van der Waals surface area contributed by atoms with Gasteiger partial charge in [0.1, 0.15) is 6.04 Å². The van der Waals surface area contributed by atoms with Gasteiger partial charge in [0.25, 0.3) is 0 Å². The molecule has 3 atom stereocenters. The second kappa shape index (κ2) is 3.35. The summed E-state index contributed by atoms with van der Waals surface area (Å²) >= 11 is 0. The summed E-state index contributed by atoms with van der Waals surface area (Å²) in [4.78, 5) is 19.6. The largest absolute Gasteiger partial charge is 0.393 e. The summed E-state index contributed by atoms with van der Waals surface area (Å²) in [6.45, 7) is 0. The highest BCUT2D eigenvalue weighted by atomic mass is 16.7. The Morgan fingerprint density at radius 2 is 2.15 bits per heavy atom. The zero-order valence-corrected chi connectivity index (χ0v) is 6.79. The fraction of sp³-hybridized carbons (Fsp3) is 1.00. The van der Waals surface area contributed by atoms with E-state index in [1.165, 1.54) is 0 Å². The van der Waals surface area contributed by atoms with Gasteiger partial charge in [-0.1, -0.05) is 5.18 Å². The van der Waals surface area contributed by atoms with Gasteiger partial charge < -0.3 is 10.2 Å². The van der Waals surface area contributed by atoms with Gasteiger partial charge >= 0.3 is 5.72 Å². The molecule has 0 aromatic rings. The summed E-state index contributed by atoms with van der Waals surface area (Å²) in [6.07, 6.45) is -1.61. The molecule has 0 saturated heterocycles. The molecule has 0 spiro atoms. The van der Waals surface area contributed by atoms with Crippen molar-refractivity contribution in [1.82, 2.24) is 0 Å². The van der Waals surface area contributed by atoms with Gasteiger partial charge in [0.2, 0.25) is 0 Å². The lowest BCUT2D eigenvalue weighted by Gasteiger charge is -2.29. The van der Waals surface area contributed by atoms with Crippen LogP contribution in [0.25, 0.3) is 0 Å². The number of nitro groups is 1. The molecule has 0 aliphatic heterocycles. The van der Waals surface area contributed by atoms with Gasteiger partial charge in [-0.15, -0.1) is 0 Å². The predicted octanol–water partition coefficient (Wildman–Crippen LogP) is -0.369. The van der Waals surface area contributed by atoms with Crippen molar-refractivity contribution in [2.24, 2.45) is 5.18 Å². The van der Waals surface area contributed by atoms with Gasteiger partial charge in [0.05, 0.1) is 23.9 Å². The third kappa shape index (κ3) is 1.99. The van der Waals surface area contributed by atoms with Crippen LogP contribution in [0.1, 0.15) is 19.3 Å². The molecular weight excluding hydrogens is 180 g/mol. The Morgan fingerprint density at radius 1 is 1.54 bits per heavy atom. The van der Waals surface area contributed by atoms with Crippen LogP contribution in [0, 0.1) is 15.0 Å². The van der Waals surface area contributed by atoms with Crippen LogP contribution in [-0.2, 0) is 0 Å². The molecule has 2 N–H and O–H groups in total. The lowest BCUT2D eigenvalue weighted by molar-refractivity contribution is -0.631. The molecule has 7 heteroatoms. The van der Waals surface area contributed by atoms with Crippen molar-refractivity contribution < 1.29 is 15.1 Å². The quantitative estimate of drug-likeness (QED) is 0.267. The first-order chi connectivity index (χ1) is 5.98. The van der Waals surface area contributed by atoms with Crippen LogP contribution in [-0.4, -0.2) is 33.0 Å². The summed E-state index contributed by atoms with van der Waals surface area (Å²) in [5, 5.41) is 31.5. The highest BCUT2D eigenvalue weighted by Gasteiger charge is 2.49. The maximum atomic E-state index is 10.4. The average molecular weight is 190 g/mol. The Balaban J connectivity index is 2.77. The van der Waals surface area contributed by atoms with E-state index in [1.807, 2.05) is 0 Å². The third-order valence-corrected chi connectivity index (χ3v) is 2.16. The predicted molar refractivity (Wildman–Crippen MR) is 41.4 cm³/mol. The molecule has 3 unspecified atom stereocenters. The van der Waals surface area contributed by atoms with Crippen molar-refractivity contribution >= 4 is 0 Å². The molecule has 1 fully saturated rings.